The number of carbonyl (C=O) groups excluding carboxylic acids is 1. The summed E-state index contributed by atoms with van der Waals surface area (Å²) in [6.07, 6.45) is 1.25. The highest BCUT2D eigenvalue weighted by Crippen LogP contribution is 2.33. The molecule has 4 nitrogen and oxygen atoms in total. The van der Waals surface area contributed by atoms with Gasteiger partial charge in [0.15, 0.2) is 11.1 Å². The minimum absolute atomic E-state index is 0.286. The van der Waals surface area contributed by atoms with Gasteiger partial charge in [-0.3, -0.25) is 8.98 Å². The molecule has 0 heterocycles. The van der Waals surface area contributed by atoms with E-state index >= 15 is 0 Å². The first-order valence-corrected chi connectivity index (χ1v) is 6.91. The lowest BCUT2D eigenvalue weighted by Crippen LogP contribution is -2.36. The van der Waals surface area contributed by atoms with Crippen molar-refractivity contribution in [2.45, 2.75) is 38.9 Å². The number of carbonyl (C=O) groups is 1. The molecule has 0 amide bonds. The Labute approximate surface area is 105 Å². The van der Waals surface area contributed by atoms with Crippen molar-refractivity contribution in [3.63, 3.8) is 0 Å². The van der Waals surface area contributed by atoms with Crippen LogP contribution in [-0.4, -0.2) is 29.1 Å². The van der Waals surface area contributed by atoms with Gasteiger partial charge in [-0.25, -0.2) is 4.21 Å². The highest BCUT2D eigenvalue weighted by atomic mass is 32.2. The van der Waals surface area contributed by atoms with E-state index < -0.39 is 11.1 Å². The molecule has 1 unspecified atom stereocenters. The maximum Gasteiger partial charge on any atom is 0.310 e. The van der Waals surface area contributed by atoms with Crippen LogP contribution in [0.2, 0.25) is 0 Å². The van der Waals surface area contributed by atoms with Gasteiger partial charge >= 0.3 is 5.97 Å². The molecule has 0 bridgehead atoms. The van der Waals surface area contributed by atoms with Crippen molar-refractivity contribution < 1.29 is 17.9 Å². The molecule has 17 heavy (non-hydrogen) atoms. The first-order valence-electron chi connectivity index (χ1n) is 5.78. The lowest BCUT2D eigenvalue weighted by molar-refractivity contribution is -0.145. The van der Waals surface area contributed by atoms with E-state index in [9.17, 15) is 9.00 Å². The standard InChI is InChI=1S/C12H20O4S/c1-5-16-17(14)11-7-9(3)8(2)6-10(11)12(13)15-4/h10-11H,5-7H2,1-4H3/t10-,11-,17?/m1/s1. The van der Waals surface area contributed by atoms with Crippen LogP contribution < -0.4 is 0 Å². The third-order valence-electron chi connectivity index (χ3n) is 3.20. The van der Waals surface area contributed by atoms with Gasteiger partial charge in [0.25, 0.3) is 0 Å². The summed E-state index contributed by atoms with van der Waals surface area (Å²) in [6.45, 7) is 6.20. The molecule has 0 aromatic rings. The van der Waals surface area contributed by atoms with Crippen LogP contribution in [0, 0.1) is 5.92 Å². The van der Waals surface area contributed by atoms with E-state index in [0.29, 0.717) is 19.4 Å². The molecular formula is C12H20O4S. The summed E-state index contributed by atoms with van der Waals surface area (Å²) in [5.41, 5.74) is 2.38. The first kappa shape index (κ1) is 14.4. The smallest absolute Gasteiger partial charge is 0.310 e. The third-order valence-corrected chi connectivity index (χ3v) is 4.65. The highest BCUT2D eigenvalue weighted by Gasteiger charge is 2.37. The second-order valence-electron chi connectivity index (χ2n) is 4.30. The second-order valence-corrected chi connectivity index (χ2v) is 5.67. The Morgan fingerprint density at radius 1 is 1.35 bits per heavy atom. The van der Waals surface area contributed by atoms with Gasteiger partial charge in [-0.15, -0.1) is 0 Å². The molecule has 5 heteroatoms. The number of rotatable bonds is 4. The maximum absolute atomic E-state index is 11.9. The number of esters is 1. The minimum atomic E-state index is -1.43. The van der Waals surface area contributed by atoms with E-state index in [0.717, 1.165) is 0 Å². The van der Waals surface area contributed by atoms with Crippen molar-refractivity contribution in [1.82, 2.24) is 0 Å². The molecule has 3 atom stereocenters. The quantitative estimate of drug-likeness (QED) is 0.573. The summed E-state index contributed by atoms with van der Waals surface area (Å²) in [5, 5.41) is -0.286. The van der Waals surface area contributed by atoms with Crippen molar-refractivity contribution in [3.8, 4) is 0 Å². The lowest BCUT2D eigenvalue weighted by atomic mass is 9.85. The summed E-state index contributed by atoms with van der Waals surface area (Å²) >= 11 is -1.43. The average Bonchev–Trinajstić information content (AvgIpc) is 2.31. The van der Waals surface area contributed by atoms with Gasteiger partial charge in [-0.2, -0.15) is 0 Å². The normalized spacial score (nSPS) is 26.8. The number of hydrogen-bond acceptors (Lipinski definition) is 4. The van der Waals surface area contributed by atoms with Gasteiger partial charge in [-0.05, 0) is 33.6 Å². The zero-order valence-corrected chi connectivity index (χ0v) is 11.6. The average molecular weight is 260 g/mol. The summed E-state index contributed by atoms with van der Waals surface area (Å²) in [7, 11) is 1.36. The van der Waals surface area contributed by atoms with E-state index in [4.69, 9.17) is 8.92 Å². The van der Waals surface area contributed by atoms with E-state index in [1.54, 1.807) is 6.92 Å². The van der Waals surface area contributed by atoms with Gasteiger partial charge in [0, 0.05) is 0 Å². The number of ether oxygens (including phenoxy) is 1. The van der Waals surface area contributed by atoms with Crippen LogP contribution in [0.25, 0.3) is 0 Å². The highest BCUT2D eigenvalue weighted by molar-refractivity contribution is 7.80. The van der Waals surface area contributed by atoms with Crippen molar-refractivity contribution in [2.24, 2.45) is 5.92 Å². The fourth-order valence-electron chi connectivity index (χ4n) is 2.05. The molecule has 1 aliphatic rings. The van der Waals surface area contributed by atoms with Gasteiger partial charge in [0.2, 0.25) is 0 Å². The van der Waals surface area contributed by atoms with E-state index in [1.807, 2.05) is 13.8 Å². The van der Waals surface area contributed by atoms with Crippen molar-refractivity contribution in [3.05, 3.63) is 11.1 Å². The summed E-state index contributed by atoms with van der Waals surface area (Å²) in [6, 6.07) is 0. The van der Waals surface area contributed by atoms with Crippen LogP contribution in [0.5, 0.6) is 0 Å². The van der Waals surface area contributed by atoms with Crippen LogP contribution in [0.4, 0.5) is 0 Å². The molecule has 0 saturated carbocycles. The number of methoxy groups -OCH3 is 1. The van der Waals surface area contributed by atoms with Gasteiger partial charge in [0.1, 0.15) is 0 Å². The molecule has 1 rings (SSSR count). The Balaban J connectivity index is 2.91. The monoisotopic (exact) mass is 260 g/mol. The van der Waals surface area contributed by atoms with Crippen molar-refractivity contribution >= 4 is 17.0 Å². The van der Waals surface area contributed by atoms with Crippen molar-refractivity contribution in [2.75, 3.05) is 13.7 Å². The van der Waals surface area contributed by atoms with Crippen LogP contribution in [-0.2, 0) is 24.8 Å². The summed E-state index contributed by atoms with van der Waals surface area (Å²) in [5.74, 6) is -0.647. The fraction of sp³-hybridized carbons (Fsp3) is 0.750. The topological polar surface area (TPSA) is 52.6 Å². The van der Waals surface area contributed by atoms with Gasteiger partial charge in [-0.1, -0.05) is 11.1 Å². The SMILES string of the molecule is CCOS(=O)[C@@H]1CC(C)=C(C)C[C@H]1C(=O)OC. The molecule has 0 fully saturated rings. The first-order chi connectivity index (χ1) is 8.01. The fourth-order valence-corrected chi connectivity index (χ4v) is 3.31. The Kier molecular flexibility index (Phi) is 5.33. The van der Waals surface area contributed by atoms with E-state index in [2.05, 4.69) is 0 Å². The molecule has 0 aromatic heterocycles. The molecule has 1 aliphatic carbocycles. The molecule has 0 spiro atoms. The molecule has 0 saturated heterocycles. The van der Waals surface area contributed by atoms with Gasteiger partial charge < -0.3 is 4.74 Å². The zero-order valence-electron chi connectivity index (χ0n) is 10.8. The van der Waals surface area contributed by atoms with E-state index in [-0.39, 0.29) is 17.1 Å². The molecule has 0 radical (unpaired) electrons. The number of allylic oxidation sites excluding steroid dienone is 2. The Bertz CT molecular complexity index is 348. The lowest BCUT2D eigenvalue weighted by Gasteiger charge is -2.29. The maximum atomic E-state index is 11.9. The van der Waals surface area contributed by atoms with E-state index in [1.165, 1.54) is 18.3 Å². The molecule has 0 aliphatic heterocycles. The Hall–Kier alpha value is -0.680. The Morgan fingerprint density at radius 3 is 2.47 bits per heavy atom. The van der Waals surface area contributed by atoms with Crippen LogP contribution in [0.3, 0.4) is 0 Å². The second kappa shape index (κ2) is 6.31. The predicted octanol–water partition coefficient (Wildman–Crippen LogP) is 1.97. The molecular weight excluding hydrogens is 240 g/mol. The van der Waals surface area contributed by atoms with Crippen LogP contribution in [0.1, 0.15) is 33.6 Å². The summed E-state index contributed by atoms with van der Waals surface area (Å²) in [4.78, 5) is 11.7. The Morgan fingerprint density at radius 2 is 1.94 bits per heavy atom. The van der Waals surface area contributed by atoms with Gasteiger partial charge in [0.05, 0.1) is 24.9 Å². The van der Waals surface area contributed by atoms with Crippen LogP contribution >= 0.6 is 0 Å². The molecule has 98 valence electrons. The largest absolute Gasteiger partial charge is 0.469 e. The molecule has 0 N–H and O–H groups in total. The summed E-state index contributed by atoms with van der Waals surface area (Å²) < 4.78 is 21.9. The predicted molar refractivity (Wildman–Crippen MR) is 66.7 cm³/mol. The molecule has 0 aromatic carbocycles. The van der Waals surface area contributed by atoms with Crippen molar-refractivity contribution in [1.29, 1.82) is 0 Å². The van der Waals surface area contributed by atoms with Crippen LogP contribution in [0.15, 0.2) is 11.1 Å². The third kappa shape index (κ3) is 3.39. The minimum Gasteiger partial charge on any atom is -0.469 e. The zero-order chi connectivity index (χ0) is 13.0. The number of hydrogen-bond donors (Lipinski definition) is 0.